The van der Waals surface area contributed by atoms with Crippen molar-refractivity contribution < 1.29 is 18.7 Å². The lowest BCUT2D eigenvalue weighted by molar-refractivity contribution is 0.0717. The number of carbonyl (C=O) groups excluding carboxylic acids is 1. The summed E-state index contributed by atoms with van der Waals surface area (Å²) in [4.78, 5) is 14.9. The maximum absolute atomic E-state index is 13.6. The first-order valence-corrected chi connectivity index (χ1v) is 9.98. The molecule has 0 fully saturated rings. The molecule has 31 heavy (non-hydrogen) atoms. The van der Waals surface area contributed by atoms with E-state index in [9.17, 15) is 14.3 Å². The van der Waals surface area contributed by atoms with E-state index in [1.165, 1.54) is 12.1 Å². The fourth-order valence-electron chi connectivity index (χ4n) is 3.98. The van der Waals surface area contributed by atoms with Gasteiger partial charge in [-0.2, -0.15) is 5.10 Å². The van der Waals surface area contributed by atoms with E-state index < -0.39 is 6.04 Å². The number of aromatic hydroxyl groups is 1. The Labute approximate surface area is 181 Å². The number of phenols is 1. The fourth-order valence-corrected chi connectivity index (χ4v) is 4.15. The molecule has 0 saturated heterocycles. The number of fused-ring (bicyclic) bond motifs is 1. The van der Waals surface area contributed by atoms with Gasteiger partial charge < -0.3 is 14.4 Å². The molecule has 1 aliphatic rings. The number of aromatic nitrogens is 2. The zero-order valence-corrected chi connectivity index (χ0v) is 17.2. The van der Waals surface area contributed by atoms with Gasteiger partial charge in [0.25, 0.3) is 5.91 Å². The topological polar surface area (TPSA) is 82.4 Å². The highest BCUT2D eigenvalue weighted by Crippen LogP contribution is 2.45. The van der Waals surface area contributed by atoms with Crippen LogP contribution in [0.5, 0.6) is 5.75 Å². The monoisotopic (exact) mass is 437 g/mol. The smallest absolute Gasteiger partial charge is 0.273 e. The van der Waals surface area contributed by atoms with Crippen molar-refractivity contribution in [1.29, 1.82) is 0 Å². The largest absolute Gasteiger partial charge is 0.507 e. The number of H-pyrrole nitrogens is 1. The zero-order chi connectivity index (χ0) is 21.7. The van der Waals surface area contributed by atoms with Crippen LogP contribution in [-0.4, -0.2) is 26.1 Å². The first kappa shape index (κ1) is 19.4. The standard InChI is InChI=1S/C23H17ClFN3O3/c1-12-9-18(29)16(10-17(12)24)20-19-21(27-26-20)23(30)28(11-15-3-2-8-31-15)22(19)13-4-6-14(25)7-5-13/h2-10,22,29H,11H2,1H3,(H,26,27). The van der Waals surface area contributed by atoms with E-state index in [1.54, 1.807) is 54.5 Å². The summed E-state index contributed by atoms with van der Waals surface area (Å²) in [6.45, 7) is 2.01. The highest BCUT2D eigenvalue weighted by atomic mass is 35.5. The predicted molar refractivity (Wildman–Crippen MR) is 112 cm³/mol. The lowest BCUT2D eigenvalue weighted by atomic mass is 9.95. The molecule has 0 radical (unpaired) electrons. The molecule has 5 rings (SSSR count). The van der Waals surface area contributed by atoms with Crippen LogP contribution in [0.4, 0.5) is 4.39 Å². The number of halogens is 2. The van der Waals surface area contributed by atoms with E-state index in [0.29, 0.717) is 38.9 Å². The first-order chi connectivity index (χ1) is 14.9. The van der Waals surface area contributed by atoms with Gasteiger partial charge in [-0.15, -0.1) is 0 Å². The molecule has 4 aromatic rings. The van der Waals surface area contributed by atoms with Gasteiger partial charge in [-0.25, -0.2) is 4.39 Å². The second kappa shape index (κ2) is 7.28. The Hall–Kier alpha value is -3.58. The van der Waals surface area contributed by atoms with Crippen LogP contribution in [0.25, 0.3) is 11.3 Å². The summed E-state index contributed by atoms with van der Waals surface area (Å²) in [6, 6.07) is 12.1. The number of carbonyl (C=O) groups is 1. The Balaban J connectivity index is 1.69. The average molecular weight is 438 g/mol. The van der Waals surface area contributed by atoms with Gasteiger partial charge in [0, 0.05) is 16.1 Å². The molecule has 0 bridgehead atoms. The first-order valence-electron chi connectivity index (χ1n) is 9.60. The Morgan fingerprint density at radius 3 is 2.74 bits per heavy atom. The summed E-state index contributed by atoms with van der Waals surface area (Å²) >= 11 is 6.30. The minimum absolute atomic E-state index is 0.00555. The molecule has 1 aliphatic heterocycles. The van der Waals surface area contributed by atoms with Gasteiger partial charge in [-0.1, -0.05) is 23.7 Å². The molecule has 3 heterocycles. The Morgan fingerprint density at radius 1 is 1.26 bits per heavy atom. The van der Waals surface area contributed by atoms with Crippen molar-refractivity contribution in [1.82, 2.24) is 15.1 Å². The van der Waals surface area contributed by atoms with Gasteiger partial charge in [-0.3, -0.25) is 9.89 Å². The van der Waals surface area contributed by atoms with E-state index in [1.807, 2.05) is 0 Å². The van der Waals surface area contributed by atoms with Crippen LogP contribution in [-0.2, 0) is 6.54 Å². The summed E-state index contributed by atoms with van der Waals surface area (Å²) < 4.78 is 19.1. The summed E-state index contributed by atoms with van der Waals surface area (Å²) in [5, 5.41) is 18.2. The number of rotatable bonds is 4. The average Bonchev–Trinajstić information content (AvgIpc) is 3.46. The molecule has 1 atom stereocenters. The highest BCUT2D eigenvalue weighted by molar-refractivity contribution is 6.31. The number of phenolic OH excluding ortho intramolecular Hbond substituents is 1. The maximum atomic E-state index is 13.6. The van der Waals surface area contributed by atoms with Crippen LogP contribution in [0.1, 0.15) is 39.0 Å². The molecular formula is C23H17ClFN3O3. The Bertz CT molecular complexity index is 1280. The van der Waals surface area contributed by atoms with Crippen molar-refractivity contribution in [2.24, 2.45) is 0 Å². The Kier molecular flexibility index (Phi) is 4.55. The van der Waals surface area contributed by atoms with Gasteiger partial charge in [-0.05, 0) is 54.4 Å². The normalized spacial score (nSPS) is 15.5. The molecule has 0 spiro atoms. The highest BCUT2D eigenvalue weighted by Gasteiger charge is 2.42. The summed E-state index contributed by atoms with van der Waals surface area (Å²) in [6.07, 6.45) is 1.54. The van der Waals surface area contributed by atoms with Crippen LogP contribution in [0.15, 0.2) is 59.2 Å². The number of hydrogen-bond acceptors (Lipinski definition) is 4. The molecule has 6 nitrogen and oxygen atoms in total. The molecule has 0 aliphatic carbocycles. The van der Waals surface area contributed by atoms with Crippen LogP contribution in [0.2, 0.25) is 5.02 Å². The maximum Gasteiger partial charge on any atom is 0.273 e. The second-order valence-electron chi connectivity index (χ2n) is 7.45. The number of nitrogens with zero attached hydrogens (tertiary/aromatic N) is 2. The van der Waals surface area contributed by atoms with Crippen LogP contribution in [0, 0.1) is 12.7 Å². The van der Waals surface area contributed by atoms with Crippen molar-refractivity contribution >= 4 is 17.5 Å². The molecule has 2 aromatic heterocycles. The molecule has 0 saturated carbocycles. The third-order valence-corrected chi connectivity index (χ3v) is 5.90. The number of hydrogen-bond donors (Lipinski definition) is 2. The fraction of sp³-hybridized carbons (Fsp3) is 0.130. The quantitative estimate of drug-likeness (QED) is 0.458. The number of benzene rings is 2. The predicted octanol–water partition coefficient (Wildman–Crippen LogP) is 5.22. The molecule has 2 N–H and O–H groups in total. The van der Waals surface area contributed by atoms with Gasteiger partial charge in [0.15, 0.2) is 0 Å². The minimum Gasteiger partial charge on any atom is -0.507 e. The lowest BCUT2D eigenvalue weighted by Crippen LogP contribution is -2.29. The van der Waals surface area contributed by atoms with Crippen LogP contribution >= 0.6 is 11.6 Å². The van der Waals surface area contributed by atoms with Crippen molar-refractivity contribution in [3.05, 3.63) is 93.8 Å². The number of aromatic amines is 1. The SMILES string of the molecule is Cc1cc(O)c(-c2n[nH]c3c2C(c2ccc(F)cc2)N(Cc2ccco2)C3=O)cc1Cl. The molecular weight excluding hydrogens is 421 g/mol. The van der Waals surface area contributed by atoms with Crippen molar-refractivity contribution in [2.75, 3.05) is 0 Å². The van der Waals surface area contributed by atoms with Crippen LogP contribution in [0.3, 0.4) is 0 Å². The van der Waals surface area contributed by atoms with E-state index in [4.69, 9.17) is 16.0 Å². The third-order valence-electron chi connectivity index (χ3n) is 5.49. The van der Waals surface area contributed by atoms with Gasteiger partial charge >= 0.3 is 0 Å². The van der Waals surface area contributed by atoms with Crippen molar-refractivity contribution in [3.8, 4) is 17.0 Å². The number of amides is 1. The second-order valence-corrected chi connectivity index (χ2v) is 7.85. The summed E-state index contributed by atoms with van der Waals surface area (Å²) in [5.41, 5.74) is 3.17. The van der Waals surface area contributed by atoms with E-state index in [0.717, 1.165) is 5.56 Å². The van der Waals surface area contributed by atoms with E-state index in [-0.39, 0.29) is 24.0 Å². The third kappa shape index (κ3) is 3.18. The lowest BCUT2D eigenvalue weighted by Gasteiger charge is -2.25. The number of nitrogens with one attached hydrogen (secondary N) is 1. The van der Waals surface area contributed by atoms with E-state index in [2.05, 4.69) is 10.2 Å². The zero-order valence-electron chi connectivity index (χ0n) is 16.4. The van der Waals surface area contributed by atoms with Crippen molar-refractivity contribution in [3.63, 3.8) is 0 Å². The van der Waals surface area contributed by atoms with Gasteiger partial charge in [0.05, 0.1) is 18.8 Å². The van der Waals surface area contributed by atoms with Crippen LogP contribution < -0.4 is 0 Å². The Morgan fingerprint density at radius 2 is 2.03 bits per heavy atom. The van der Waals surface area contributed by atoms with Gasteiger partial charge in [0.1, 0.15) is 28.7 Å². The summed E-state index contributed by atoms with van der Waals surface area (Å²) in [7, 11) is 0. The molecule has 8 heteroatoms. The number of aryl methyl sites for hydroxylation is 1. The van der Waals surface area contributed by atoms with E-state index >= 15 is 0 Å². The van der Waals surface area contributed by atoms with Crippen molar-refractivity contribution in [2.45, 2.75) is 19.5 Å². The molecule has 1 unspecified atom stereocenters. The van der Waals surface area contributed by atoms with Gasteiger partial charge in [0.2, 0.25) is 0 Å². The molecule has 2 aromatic carbocycles. The number of furan rings is 1. The summed E-state index contributed by atoms with van der Waals surface area (Å²) in [5.74, 6) is -0.0224. The molecule has 156 valence electrons. The molecule has 1 amide bonds. The minimum atomic E-state index is -0.554.